The van der Waals surface area contributed by atoms with Crippen molar-refractivity contribution in [2.45, 2.75) is 19.8 Å². The first-order valence-electron chi connectivity index (χ1n) is 2.73. The van der Waals surface area contributed by atoms with Gasteiger partial charge in [0.05, 0.1) is 14.4 Å². The van der Waals surface area contributed by atoms with Crippen LogP contribution in [0.2, 0.25) is 0 Å². The molecule has 0 unspecified atom stereocenters. The number of rotatable bonds is 4. The van der Waals surface area contributed by atoms with Crippen LogP contribution in [0, 0.1) is 0 Å². The molecule has 0 rings (SSSR count). The van der Waals surface area contributed by atoms with Gasteiger partial charge in [0, 0.05) is 0 Å². The molecule has 0 spiro atoms. The molecular weight excluding hydrogens is 263 g/mol. The molecule has 13 heavy (non-hydrogen) atoms. The van der Waals surface area contributed by atoms with E-state index in [1.54, 1.807) is 0 Å². The van der Waals surface area contributed by atoms with Gasteiger partial charge in [-0.1, -0.05) is 13.3 Å². The molecular formula is C4H9Cl2Mg2O4P. The second-order valence-corrected chi connectivity index (χ2v) is 2.79. The summed E-state index contributed by atoms with van der Waals surface area (Å²) >= 11 is 0. The Morgan fingerprint density at radius 2 is 1.62 bits per heavy atom. The maximum absolute atomic E-state index is 9.76. The Hall–Kier alpha value is 2.22. The van der Waals surface area contributed by atoms with Gasteiger partial charge in [-0.15, -0.1) is 0 Å². The molecule has 0 radical (unpaired) electrons. The van der Waals surface area contributed by atoms with E-state index in [0.717, 1.165) is 6.42 Å². The van der Waals surface area contributed by atoms with Crippen LogP contribution in [0.15, 0.2) is 0 Å². The first kappa shape index (κ1) is 29.5. The minimum absolute atomic E-state index is 0. The summed E-state index contributed by atoms with van der Waals surface area (Å²) in [6.07, 6.45) is 1.43. The standard InChI is InChI=1S/C4H11O4P.2ClH.2Mg/c1-2-3-4-8-9(5,6)7;;;;/h2-4H2,1H3,(H2,5,6,7);2*1H;;/q;;;2*+2/p-4. The van der Waals surface area contributed by atoms with E-state index in [4.69, 9.17) is 0 Å². The van der Waals surface area contributed by atoms with Crippen LogP contribution >= 0.6 is 7.82 Å². The smallest absolute Gasteiger partial charge is 1.00 e. The molecule has 0 saturated heterocycles. The van der Waals surface area contributed by atoms with E-state index in [2.05, 4.69) is 4.52 Å². The average Bonchev–Trinajstić information content (AvgIpc) is 1.63. The van der Waals surface area contributed by atoms with Crippen molar-refractivity contribution in [1.82, 2.24) is 0 Å². The number of halogens is 2. The van der Waals surface area contributed by atoms with Crippen LogP contribution in [0.5, 0.6) is 0 Å². The Bertz CT molecular complexity index is 123. The average molecular weight is 272 g/mol. The van der Waals surface area contributed by atoms with Crippen molar-refractivity contribution in [3.8, 4) is 0 Å². The molecule has 0 aromatic heterocycles. The third kappa shape index (κ3) is 31.4. The summed E-state index contributed by atoms with van der Waals surface area (Å²) in [6, 6.07) is 0. The number of hydrogen-bond donors (Lipinski definition) is 0. The molecule has 72 valence electrons. The zero-order chi connectivity index (χ0) is 7.33. The molecule has 0 aliphatic carbocycles. The molecule has 0 aromatic carbocycles. The fourth-order valence-corrected chi connectivity index (χ4v) is 0.673. The molecule has 0 atom stereocenters. The molecule has 0 aliphatic rings. The van der Waals surface area contributed by atoms with E-state index in [-0.39, 0.29) is 77.5 Å². The van der Waals surface area contributed by atoms with Gasteiger partial charge in [0.1, 0.15) is 0 Å². The van der Waals surface area contributed by atoms with Crippen LogP contribution in [0.3, 0.4) is 0 Å². The summed E-state index contributed by atoms with van der Waals surface area (Å²) in [5.74, 6) is 0. The molecule has 0 N–H and O–H groups in total. The Morgan fingerprint density at radius 1 is 1.23 bits per heavy atom. The van der Waals surface area contributed by atoms with Gasteiger partial charge in [-0.25, -0.2) is 0 Å². The normalized spacial score (nSPS) is 8.23. The molecule has 0 heterocycles. The molecule has 4 nitrogen and oxygen atoms in total. The van der Waals surface area contributed by atoms with Gasteiger partial charge in [-0.2, -0.15) is 0 Å². The van der Waals surface area contributed by atoms with Crippen molar-refractivity contribution in [2.75, 3.05) is 6.61 Å². The van der Waals surface area contributed by atoms with Gasteiger partial charge >= 0.3 is 46.1 Å². The SMILES string of the molecule is CCCCOP(=O)([O-])[O-].[Cl-].[Cl-].[Mg+2].[Mg+2]. The number of phosphoric ester groups is 1. The van der Waals surface area contributed by atoms with Gasteiger partial charge in [-0.3, -0.25) is 0 Å². The third-order valence-corrected chi connectivity index (χ3v) is 1.25. The summed E-state index contributed by atoms with van der Waals surface area (Å²) in [5.41, 5.74) is 0. The molecule has 0 aliphatic heterocycles. The molecule has 0 bridgehead atoms. The molecule has 0 aromatic rings. The van der Waals surface area contributed by atoms with Gasteiger partial charge in [0.2, 0.25) is 0 Å². The minimum Gasteiger partial charge on any atom is -1.00 e. The summed E-state index contributed by atoms with van der Waals surface area (Å²) in [4.78, 5) is 19.5. The van der Waals surface area contributed by atoms with E-state index in [1.165, 1.54) is 0 Å². The first-order valence-corrected chi connectivity index (χ1v) is 4.19. The summed E-state index contributed by atoms with van der Waals surface area (Å²) in [5, 5.41) is 0. The number of phosphoric acid groups is 1. The van der Waals surface area contributed by atoms with Crippen LogP contribution in [0.4, 0.5) is 0 Å². The fraction of sp³-hybridized carbons (Fsp3) is 1.00. The Kier molecular flexibility index (Phi) is 37.7. The summed E-state index contributed by atoms with van der Waals surface area (Å²) < 4.78 is 13.7. The van der Waals surface area contributed by atoms with Crippen LogP contribution in [0.25, 0.3) is 0 Å². The summed E-state index contributed by atoms with van der Waals surface area (Å²) in [7, 11) is -4.70. The van der Waals surface area contributed by atoms with Crippen molar-refractivity contribution >= 4 is 53.9 Å². The largest absolute Gasteiger partial charge is 2.00 e. The minimum atomic E-state index is -4.70. The second-order valence-electron chi connectivity index (χ2n) is 1.63. The van der Waals surface area contributed by atoms with Gasteiger partial charge in [-0.05, 0) is 6.42 Å². The van der Waals surface area contributed by atoms with Gasteiger partial charge in [0.15, 0.2) is 0 Å². The van der Waals surface area contributed by atoms with Crippen molar-refractivity contribution in [2.24, 2.45) is 0 Å². The van der Waals surface area contributed by atoms with Crippen molar-refractivity contribution in [3.63, 3.8) is 0 Å². The second kappa shape index (κ2) is 16.6. The van der Waals surface area contributed by atoms with Crippen LogP contribution in [0.1, 0.15) is 19.8 Å². The molecule has 0 amide bonds. The van der Waals surface area contributed by atoms with Crippen LogP contribution in [-0.2, 0) is 9.09 Å². The van der Waals surface area contributed by atoms with Crippen LogP contribution in [-0.4, -0.2) is 52.7 Å². The fourth-order valence-electron chi connectivity index (χ4n) is 0.321. The molecule has 0 fully saturated rings. The predicted octanol–water partition coefficient (Wildman–Crippen LogP) is -7.12. The predicted molar refractivity (Wildman–Crippen MR) is 40.0 cm³/mol. The maximum atomic E-state index is 9.76. The monoisotopic (exact) mass is 270 g/mol. The molecule has 9 heteroatoms. The van der Waals surface area contributed by atoms with E-state index >= 15 is 0 Å². The Balaban J connectivity index is -0.0000000533. The quantitative estimate of drug-likeness (QED) is 0.289. The van der Waals surface area contributed by atoms with E-state index in [9.17, 15) is 14.4 Å². The molecule has 0 saturated carbocycles. The third-order valence-electron chi connectivity index (χ3n) is 0.747. The van der Waals surface area contributed by atoms with Crippen molar-refractivity contribution < 1.29 is 43.7 Å². The first-order chi connectivity index (χ1) is 4.06. The van der Waals surface area contributed by atoms with E-state index in [0.29, 0.717) is 6.42 Å². The Labute approximate surface area is 123 Å². The number of hydrogen-bond acceptors (Lipinski definition) is 4. The van der Waals surface area contributed by atoms with Crippen molar-refractivity contribution in [1.29, 1.82) is 0 Å². The van der Waals surface area contributed by atoms with Crippen molar-refractivity contribution in [3.05, 3.63) is 0 Å². The number of unbranched alkanes of at least 4 members (excludes halogenated alkanes) is 1. The summed E-state index contributed by atoms with van der Waals surface area (Å²) in [6.45, 7) is 1.89. The zero-order valence-corrected chi connectivity index (χ0v) is 12.6. The van der Waals surface area contributed by atoms with E-state index < -0.39 is 7.82 Å². The zero-order valence-electron chi connectivity index (χ0n) is 7.37. The van der Waals surface area contributed by atoms with Crippen LogP contribution < -0.4 is 34.6 Å². The van der Waals surface area contributed by atoms with Gasteiger partial charge < -0.3 is 43.7 Å². The topological polar surface area (TPSA) is 72.4 Å². The van der Waals surface area contributed by atoms with E-state index in [1.807, 2.05) is 6.92 Å². The van der Waals surface area contributed by atoms with Gasteiger partial charge in [0.25, 0.3) is 0 Å². The Morgan fingerprint density at radius 3 is 1.85 bits per heavy atom. The maximum Gasteiger partial charge on any atom is 2.00 e.